The molecule has 3 aromatic rings. The van der Waals surface area contributed by atoms with Crippen molar-refractivity contribution < 1.29 is 22.7 Å². The summed E-state index contributed by atoms with van der Waals surface area (Å²) in [5.74, 6) is -0.477. The number of sulfone groups is 1. The lowest BCUT2D eigenvalue weighted by molar-refractivity contribution is 0.102. The van der Waals surface area contributed by atoms with Gasteiger partial charge in [0.2, 0.25) is 0 Å². The molecule has 0 aliphatic carbocycles. The summed E-state index contributed by atoms with van der Waals surface area (Å²) in [6, 6.07) is 19.4. The summed E-state index contributed by atoms with van der Waals surface area (Å²) in [5.41, 5.74) is 1.75. The van der Waals surface area contributed by atoms with Crippen LogP contribution in [0.3, 0.4) is 0 Å². The Morgan fingerprint density at radius 2 is 1.58 bits per heavy atom. The molecule has 0 fully saturated rings. The van der Waals surface area contributed by atoms with Gasteiger partial charge in [0, 0.05) is 28.2 Å². The molecule has 7 nitrogen and oxygen atoms in total. The van der Waals surface area contributed by atoms with E-state index in [9.17, 15) is 18.0 Å². The predicted octanol–water partition coefficient (Wildman–Crippen LogP) is 4.74. The first-order chi connectivity index (χ1) is 14.7. The second kappa shape index (κ2) is 9.63. The molecule has 0 unspecified atom stereocenters. The van der Waals surface area contributed by atoms with E-state index >= 15 is 0 Å². The van der Waals surface area contributed by atoms with E-state index in [1.54, 1.807) is 0 Å². The molecule has 0 atom stereocenters. The van der Waals surface area contributed by atoms with Crippen LogP contribution in [0.1, 0.15) is 15.9 Å². The molecule has 0 aliphatic rings. The van der Waals surface area contributed by atoms with Gasteiger partial charge in [0.15, 0.2) is 9.84 Å². The topological polar surface area (TPSA) is 102 Å². The van der Waals surface area contributed by atoms with Crippen LogP contribution in [-0.4, -0.2) is 26.7 Å². The van der Waals surface area contributed by atoms with Crippen LogP contribution >= 0.6 is 11.6 Å². The van der Waals surface area contributed by atoms with Crippen LogP contribution in [0.25, 0.3) is 0 Å². The number of carbonyl (C=O) groups is 2. The van der Waals surface area contributed by atoms with E-state index in [1.807, 2.05) is 30.3 Å². The largest absolute Gasteiger partial charge is 0.444 e. The lowest BCUT2D eigenvalue weighted by Crippen LogP contribution is -2.15. The number of rotatable bonds is 6. The van der Waals surface area contributed by atoms with Gasteiger partial charge in [0.05, 0.1) is 4.90 Å². The minimum atomic E-state index is -3.33. The van der Waals surface area contributed by atoms with Gasteiger partial charge < -0.3 is 10.1 Å². The van der Waals surface area contributed by atoms with E-state index < -0.39 is 21.8 Å². The lowest BCUT2D eigenvalue weighted by Gasteiger charge is -2.10. The van der Waals surface area contributed by atoms with E-state index in [4.69, 9.17) is 16.3 Å². The third-order valence-electron chi connectivity index (χ3n) is 4.16. The smallest absolute Gasteiger partial charge is 0.411 e. The summed E-state index contributed by atoms with van der Waals surface area (Å²) in [6.45, 7) is 0.101. The molecule has 0 heterocycles. The van der Waals surface area contributed by atoms with Crippen molar-refractivity contribution in [2.45, 2.75) is 11.5 Å². The van der Waals surface area contributed by atoms with Crippen molar-refractivity contribution in [1.82, 2.24) is 0 Å². The van der Waals surface area contributed by atoms with Crippen molar-refractivity contribution in [3.63, 3.8) is 0 Å². The van der Waals surface area contributed by atoms with Gasteiger partial charge in [-0.2, -0.15) is 0 Å². The van der Waals surface area contributed by atoms with Crippen molar-refractivity contribution in [2.24, 2.45) is 0 Å². The summed E-state index contributed by atoms with van der Waals surface area (Å²) >= 11 is 6.09. The van der Waals surface area contributed by atoms with E-state index in [2.05, 4.69) is 10.6 Å². The SMILES string of the molecule is CS(=O)(=O)c1ccc(NC(=O)c2cc(Cl)cc(NC(=O)OCc3ccccc3)c2)cc1. The summed E-state index contributed by atoms with van der Waals surface area (Å²) in [4.78, 5) is 24.8. The highest BCUT2D eigenvalue weighted by Crippen LogP contribution is 2.21. The van der Waals surface area contributed by atoms with E-state index in [-0.39, 0.29) is 22.1 Å². The number of ether oxygens (including phenoxy) is 1. The Labute approximate surface area is 184 Å². The maximum absolute atomic E-state index is 12.6. The molecule has 9 heteroatoms. The van der Waals surface area contributed by atoms with Gasteiger partial charge in [0.25, 0.3) is 5.91 Å². The zero-order chi connectivity index (χ0) is 22.4. The third-order valence-corrected chi connectivity index (χ3v) is 5.51. The molecule has 0 saturated heterocycles. The average molecular weight is 459 g/mol. The van der Waals surface area contributed by atoms with Crippen LogP contribution in [-0.2, 0) is 21.2 Å². The maximum atomic E-state index is 12.6. The molecule has 0 aliphatic heterocycles. The Morgan fingerprint density at radius 3 is 2.23 bits per heavy atom. The van der Waals surface area contributed by atoms with Crippen LogP contribution in [0.5, 0.6) is 0 Å². The number of halogens is 1. The van der Waals surface area contributed by atoms with Crippen LogP contribution in [0, 0.1) is 0 Å². The first-order valence-corrected chi connectivity index (χ1v) is 11.4. The fraction of sp³-hybridized carbons (Fsp3) is 0.0909. The highest BCUT2D eigenvalue weighted by Gasteiger charge is 2.12. The predicted molar refractivity (Wildman–Crippen MR) is 119 cm³/mol. The Balaban J connectivity index is 1.65. The summed E-state index contributed by atoms with van der Waals surface area (Å²) in [5, 5.41) is 5.45. The maximum Gasteiger partial charge on any atom is 0.411 e. The van der Waals surface area contributed by atoms with Crippen molar-refractivity contribution in [3.8, 4) is 0 Å². The van der Waals surface area contributed by atoms with E-state index in [0.717, 1.165) is 11.8 Å². The van der Waals surface area contributed by atoms with Gasteiger partial charge in [-0.05, 0) is 48.0 Å². The first-order valence-electron chi connectivity index (χ1n) is 9.10. The number of nitrogens with one attached hydrogen (secondary N) is 2. The van der Waals surface area contributed by atoms with Gasteiger partial charge in [-0.25, -0.2) is 13.2 Å². The molecule has 2 amide bonds. The zero-order valence-electron chi connectivity index (χ0n) is 16.5. The van der Waals surface area contributed by atoms with E-state index in [0.29, 0.717) is 11.4 Å². The van der Waals surface area contributed by atoms with Gasteiger partial charge in [-0.1, -0.05) is 41.9 Å². The normalized spacial score (nSPS) is 10.9. The Hall–Kier alpha value is -3.36. The molecule has 3 aromatic carbocycles. The van der Waals surface area contributed by atoms with Crippen LogP contribution < -0.4 is 10.6 Å². The van der Waals surface area contributed by atoms with Crippen LogP contribution in [0.15, 0.2) is 77.7 Å². The van der Waals surface area contributed by atoms with Crippen molar-refractivity contribution in [2.75, 3.05) is 16.9 Å². The molecule has 2 N–H and O–H groups in total. The summed E-state index contributed by atoms with van der Waals surface area (Å²) in [7, 11) is -3.33. The van der Waals surface area contributed by atoms with Gasteiger partial charge >= 0.3 is 6.09 Å². The van der Waals surface area contributed by atoms with Crippen LogP contribution in [0.4, 0.5) is 16.2 Å². The third kappa shape index (κ3) is 6.56. The Kier molecular flexibility index (Phi) is 6.94. The average Bonchev–Trinajstić information content (AvgIpc) is 2.72. The quantitative estimate of drug-likeness (QED) is 0.555. The molecular weight excluding hydrogens is 440 g/mol. The molecule has 0 aromatic heterocycles. The zero-order valence-corrected chi connectivity index (χ0v) is 18.0. The first kappa shape index (κ1) is 22.3. The van der Waals surface area contributed by atoms with Crippen molar-refractivity contribution in [3.05, 3.63) is 88.9 Å². The number of anilines is 2. The van der Waals surface area contributed by atoms with Gasteiger partial charge in [-0.3, -0.25) is 10.1 Å². The van der Waals surface area contributed by atoms with Gasteiger partial charge in [-0.15, -0.1) is 0 Å². The molecule has 0 radical (unpaired) electrons. The number of benzene rings is 3. The lowest BCUT2D eigenvalue weighted by atomic mass is 10.2. The van der Waals surface area contributed by atoms with Gasteiger partial charge in [0.1, 0.15) is 6.61 Å². The Morgan fingerprint density at radius 1 is 0.903 bits per heavy atom. The fourth-order valence-electron chi connectivity index (χ4n) is 2.66. The Bertz CT molecular complexity index is 1200. The molecule has 160 valence electrons. The molecule has 0 spiro atoms. The molecule has 0 bridgehead atoms. The van der Waals surface area contributed by atoms with Crippen molar-refractivity contribution in [1.29, 1.82) is 0 Å². The second-order valence-corrected chi connectivity index (χ2v) is 9.12. The highest BCUT2D eigenvalue weighted by atomic mass is 35.5. The standard InChI is InChI=1S/C22H19ClN2O5S/c1-31(28,29)20-9-7-18(8-10-20)24-21(26)16-11-17(23)13-19(12-16)25-22(27)30-14-15-5-3-2-4-6-15/h2-13H,14H2,1H3,(H,24,26)(H,25,27). The highest BCUT2D eigenvalue weighted by molar-refractivity contribution is 7.90. The molecule has 0 saturated carbocycles. The summed E-state index contributed by atoms with van der Waals surface area (Å²) < 4.78 is 28.2. The second-order valence-electron chi connectivity index (χ2n) is 6.67. The number of hydrogen-bond acceptors (Lipinski definition) is 5. The minimum absolute atomic E-state index is 0.101. The molecule has 31 heavy (non-hydrogen) atoms. The van der Waals surface area contributed by atoms with Crippen molar-refractivity contribution >= 4 is 44.8 Å². The minimum Gasteiger partial charge on any atom is -0.444 e. The molecular formula is C22H19ClN2O5S. The number of carbonyl (C=O) groups excluding carboxylic acids is 2. The monoisotopic (exact) mass is 458 g/mol. The number of hydrogen-bond donors (Lipinski definition) is 2. The summed E-state index contributed by atoms with van der Waals surface area (Å²) in [6.07, 6.45) is 0.417. The fourth-order valence-corrected chi connectivity index (χ4v) is 3.52. The van der Waals surface area contributed by atoms with E-state index in [1.165, 1.54) is 42.5 Å². The molecule has 3 rings (SSSR count). The van der Waals surface area contributed by atoms with Crippen LogP contribution in [0.2, 0.25) is 5.02 Å². The number of amides is 2.